The van der Waals surface area contributed by atoms with Crippen LogP contribution in [0.5, 0.6) is 0 Å². The first kappa shape index (κ1) is 29.6. The van der Waals surface area contributed by atoms with E-state index in [0.717, 1.165) is 21.7 Å². The molecule has 0 radical (unpaired) electrons. The van der Waals surface area contributed by atoms with Crippen LogP contribution in [-0.4, -0.2) is 50.0 Å². The zero-order chi connectivity index (χ0) is 27.3. The highest BCUT2D eigenvalue weighted by Gasteiger charge is 2.32. The highest BCUT2D eigenvalue weighted by Crippen LogP contribution is 2.26. The van der Waals surface area contributed by atoms with Gasteiger partial charge in [0.05, 0.1) is 11.9 Å². The lowest BCUT2D eigenvalue weighted by molar-refractivity contribution is -0.140. The van der Waals surface area contributed by atoms with Crippen LogP contribution in [0.15, 0.2) is 48.5 Å². The minimum Gasteiger partial charge on any atom is -0.352 e. The number of sulfonamides is 1. The number of rotatable bonds is 10. The number of amides is 2. The molecule has 0 bridgehead atoms. The van der Waals surface area contributed by atoms with Crippen LogP contribution in [0.3, 0.4) is 0 Å². The van der Waals surface area contributed by atoms with Crippen molar-refractivity contribution < 1.29 is 18.0 Å². The van der Waals surface area contributed by atoms with Gasteiger partial charge < -0.3 is 10.2 Å². The van der Waals surface area contributed by atoms with Gasteiger partial charge in [-0.25, -0.2) is 8.42 Å². The lowest BCUT2D eigenvalue weighted by Gasteiger charge is -2.33. The number of benzene rings is 2. The van der Waals surface area contributed by atoms with E-state index in [-0.39, 0.29) is 23.9 Å². The lowest BCUT2D eigenvalue weighted by Crippen LogP contribution is -2.53. The van der Waals surface area contributed by atoms with Gasteiger partial charge in [-0.2, -0.15) is 0 Å². The van der Waals surface area contributed by atoms with Crippen molar-refractivity contribution in [3.8, 4) is 0 Å². The van der Waals surface area contributed by atoms with E-state index in [1.54, 1.807) is 36.4 Å². The van der Waals surface area contributed by atoms with Crippen LogP contribution in [0, 0.1) is 0 Å². The number of hydrogen-bond donors (Lipinski definition) is 1. The summed E-state index contributed by atoms with van der Waals surface area (Å²) in [4.78, 5) is 28.1. The largest absolute Gasteiger partial charge is 0.352 e. The van der Waals surface area contributed by atoms with Gasteiger partial charge in [0.2, 0.25) is 21.8 Å². The molecule has 1 N–H and O–H groups in total. The first-order valence-electron chi connectivity index (χ1n) is 12.1. The Morgan fingerprint density at radius 3 is 2.00 bits per heavy atom. The van der Waals surface area contributed by atoms with Crippen LogP contribution < -0.4 is 9.62 Å². The molecule has 0 saturated heterocycles. The Hall–Kier alpha value is -2.58. The van der Waals surface area contributed by atoms with E-state index in [2.05, 4.69) is 26.1 Å². The Balaban J connectivity index is 2.44. The number of carbonyl (C=O) groups is 2. The smallest absolute Gasteiger partial charge is 0.244 e. The van der Waals surface area contributed by atoms with Crippen LogP contribution in [0.2, 0.25) is 5.02 Å². The molecule has 9 heteroatoms. The average molecular weight is 536 g/mol. The molecule has 2 aromatic carbocycles. The maximum Gasteiger partial charge on any atom is 0.244 e. The molecule has 198 valence electrons. The highest BCUT2D eigenvalue weighted by molar-refractivity contribution is 7.92. The summed E-state index contributed by atoms with van der Waals surface area (Å²) in [5.41, 5.74) is 2.12. The van der Waals surface area contributed by atoms with Gasteiger partial charge in [-0.05, 0) is 61.1 Å². The normalized spacial score (nSPS) is 12.8. The number of anilines is 1. The van der Waals surface area contributed by atoms with E-state index in [9.17, 15) is 18.0 Å². The number of halogens is 1. The van der Waals surface area contributed by atoms with E-state index in [1.165, 1.54) is 4.90 Å². The van der Waals surface area contributed by atoms with E-state index < -0.39 is 28.5 Å². The van der Waals surface area contributed by atoms with Crippen LogP contribution in [0.25, 0.3) is 0 Å². The standard InChI is InChI=1S/C27H38ClN3O4S/c1-8-24(26(33)29-19(2)3)30(17-20-9-13-22(28)14-10-20)25(32)18-31(36(7,34)35)23-15-11-21(12-16-23)27(4,5)6/h9-16,19,24H,8,17-18H2,1-7H3,(H,29,33). The Morgan fingerprint density at radius 1 is 1.00 bits per heavy atom. The van der Waals surface area contributed by atoms with E-state index in [0.29, 0.717) is 17.1 Å². The lowest BCUT2D eigenvalue weighted by atomic mass is 9.87. The number of carbonyl (C=O) groups excluding carboxylic acids is 2. The number of hydrogen-bond acceptors (Lipinski definition) is 4. The Kier molecular flexibility index (Phi) is 9.97. The van der Waals surface area contributed by atoms with Crippen LogP contribution >= 0.6 is 11.6 Å². The fourth-order valence-electron chi connectivity index (χ4n) is 3.83. The quantitative estimate of drug-likeness (QED) is 0.476. The second-order valence-corrected chi connectivity index (χ2v) is 12.6. The summed E-state index contributed by atoms with van der Waals surface area (Å²) >= 11 is 6.02. The summed E-state index contributed by atoms with van der Waals surface area (Å²) in [5.74, 6) is -0.753. The second kappa shape index (κ2) is 12.1. The van der Waals surface area contributed by atoms with Gasteiger partial charge >= 0.3 is 0 Å². The zero-order valence-corrected chi connectivity index (χ0v) is 23.8. The minimum absolute atomic E-state index is 0.0994. The summed E-state index contributed by atoms with van der Waals surface area (Å²) < 4.78 is 26.6. The molecule has 2 aromatic rings. The molecule has 0 aliphatic carbocycles. The van der Waals surface area contributed by atoms with Crippen molar-refractivity contribution in [1.29, 1.82) is 0 Å². The fourth-order valence-corrected chi connectivity index (χ4v) is 4.80. The first-order chi connectivity index (χ1) is 16.6. The van der Waals surface area contributed by atoms with Gasteiger partial charge in [0.25, 0.3) is 0 Å². The third kappa shape index (κ3) is 8.23. The third-order valence-electron chi connectivity index (χ3n) is 5.78. The van der Waals surface area contributed by atoms with Gasteiger partial charge in [0, 0.05) is 17.6 Å². The van der Waals surface area contributed by atoms with Gasteiger partial charge in [0.1, 0.15) is 12.6 Å². The minimum atomic E-state index is -3.78. The van der Waals surface area contributed by atoms with E-state index in [1.807, 2.05) is 32.9 Å². The molecule has 0 saturated carbocycles. The molecule has 36 heavy (non-hydrogen) atoms. The molecular weight excluding hydrogens is 498 g/mol. The SMILES string of the molecule is CCC(C(=O)NC(C)C)N(Cc1ccc(Cl)cc1)C(=O)CN(c1ccc(C(C)(C)C)cc1)S(C)(=O)=O. The van der Waals surface area contributed by atoms with Crippen molar-refractivity contribution in [2.75, 3.05) is 17.1 Å². The first-order valence-corrected chi connectivity index (χ1v) is 14.3. The van der Waals surface area contributed by atoms with Crippen molar-refractivity contribution >= 4 is 39.1 Å². The molecule has 0 aliphatic rings. The highest BCUT2D eigenvalue weighted by atomic mass is 35.5. The van der Waals surface area contributed by atoms with Crippen molar-refractivity contribution in [3.63, 3.8) is 0 Å². The predicted molar refractivity (Wildman–Crippen MR) is 147 cm³/mol. The summed E-state index contributed by atoms with van der Waals surface area (Å²) in [6.07, 6.45) is 1.45. The maximum absolute atomic E-state index is 13.7. The Labute approximate surface area is 220 Å². The molecule has 0 aliphatic heterocycles. The number of nitrogens with one attached hydrogen (secondary N) is 1. The van der Waals surface area contributed by atoms with Crippen molar-refractivity contribution in [3.05, 3.63) is 64.7 Å². The van der Waals surface area contributed by atoms with E-state index >= 15 is 0 Å². The number of nitrogens with zero attached hydrogens (tertiary/aromatic N) is 2. The molecule has 1 atom stereocenters. The van der Waals surface area contributed by atoms with Crippen molar-refractivity contribution in [2.24, 2.45) is 0 Å². The molecule has 7 nitrogen and oxygen atoms in total. The predicted octanol–water partition coefficient (Wildman–Crippen LogP) is 4.74. The Bertz CT molecular complexity index is 1140. The molecule has 2 rings (SSSR count). The second-order valence-electron chi connectivity index (χ2n) is 10.3. The molecule has 0 aromatic heterocycles. The summed E-state index contributed by atoms with van der Waals surface area (Å²) in [6.45, 7) is 11.5. The zero-order valence-electron chi connectivity index (χ0n) is 22.2. The molecule has 0 fully saturated rings. The third-order valence-corrected chi connectivity index (χ3v) is 7.18. The molecule has 0 heterocycles. The van der Waals surface area contributed by atoms with E-state index in [4.69, 9.17) is 11.6 Å². The van der Waals surface area contributed by atoms with Gasteiger partial charge in [-0.1, -0.05) is 63.6 Å². The molecule has 2 amide bonds. The summed E-state index contributed by atoms with van der Waals surface area (Å²) in [7, 11) is -3.78. The van der Waals surface area contributed by atoms with Crippen LogP contribution in [-0.2, 0) is 31.6 Å². The molecule has 1 unspecified atom stereocenters. The summed E-state index contributed by atoms with van der Waals surface area (Å²) in [6, 6.07) is 13.3. The van der Waals surface area contributed by atoms with Gasteiger partial charge in [-0.3, -0.25) is 13.9 Å². The Morgan fingerprint density at radius 2 is 1.56 bits per heavy atom. The molecular formula is C27H38ClN3O4S. The van der Waals surface area contributed by atoms with Crippen molar-refractivity contribution in [1.82, 2.24) is 10.2 Å². The van der Waals surface area contributed by atoms with Gasteiger partial charge in [-0.15, -0.1) is 0 Å². The van der Waals surface area contributed by atoms with Crippen LogP contribution in [0.4, 0.5) is 5.69 Å². The van der Waals surface area contributed by atoms with Crippen molar-refractivity contribution in [2.45, 2.75) is 72.0 Å². The maximum atomic E-state index is 13.7. The molecule has 0 spiro atoms. The topological polar surface area (TPSA) is 86.8 Å². The monoisotopic (exact) mass is 535 g/mol. The van der Waals surface area contributed by atoms with Gasteiger partial charge in [0.15, 0.2) is 0 Å². The van der Waals surface area contributed by atoms with Crippen LogP contribution in [0.1, 0.15) is 59.1 Å². The summed E-state index contributed by atoms with van der Waals surface area (Å²) in [5, 5.41) is 3.43. The fraction of sp³-hybridized carbons (Fsp3) is 0.481. The average Bonchev–Trinajstić information content (AvgIpc) is 2.76.